The molecule has 0 spiro atoms. The van der Waals surface area contributed by atoms with Crippen molar-refractivity contribution >= 4 is 23.4 Å². The van der Waals surface area contributed by atoms with E-state index in [1.807, 2.05) is 31.2 Å². The number of amides is 2. The number of ether oxygens (including phenoxy) is 1. The first kappa shape index (κ1) is 17.6. The smallest absolute Gasteiger partial charge is 0.409 e. The molecule has 0 atom stereocenters. The molecule has 1 heterocycles. The summed E-state index contributed by atoms with van der Waals surface area (Å²) in [5.41, 5.74) is 1.89. The highest BCUT2D eigenvalue weighted by Crippen LogP contribution is 2.28. The summed E-state index contributed by atoms with van der Waals surface area (Å²) in [4.78, 5) is 25.4. The van der Waals surface area contributed by atoms with Gasteiger partial charge >= 0.3 is 6.09 Å². The Balaban J connectivity index is 1.44. The van der Waals surface area contributed by atoms with Crippen molar-refractivity contribution in [3.8, 4) is 0 Å². The molecular weight excluding hydrogens is 318 g/mol. The number of carbonyl (C=O) groups excluding carboxylic acids is 2. The normalized spacial score (nSPS) is 18.4. The SMILES string of the molecule is CCOC(=O)N1CCC(Nc2ccc(NC(=O)C3CCC3)cc2)CC1. The van der Waals surface area contributed by atoms with Gasteiger partial charge in [0.2, 0.25) is 5.91 Å². The van der Waals surface area contributed by atoms with Crippen molar-refractivity contribution in [2.24, 2.45) is 5.92 Å². The zero-order valence-electron chi connectivity index (χ0n) is 14.8. The molecular formula is C19H27N3O3. The van der Waals surface area contributed by atoms with Crippen LogP contribution in [0, 0.1) is 5.92 Å². The van der Waals surface area contributed by atoms with Crippen molar-refractivity contribution in [1.82, 2.24) is 4.90 Å². The highest BCUT2D eigenvalue weighted by Gasteiger charge is 2.25. The quantitative estimate of drug-likeness (QED) is 0.857. The summed E-state index contributed by atoms with van der Waals surface area (Å²) in [5.74, 6) is 0.334. The van der Waals surface area contributed by atoms with Crippen LogP contribution >= 0.6 is 0 Å². The van der Waals surface area contributed by atoms with Gasteiger partial charge in [-0.2, -0.15) is 0 Å². The molecule has 1 aromatic carbocycles. The van der Waals surface area contributed by atoms with Crippen LogP contribution < -0.4 is 10.6 Å². The van der Waals surface area contributed by atoms with Crippen LogP contribution in [-0.2, 0) is 9.53 Å². The van der Waals surface area contributed by atoms with Gasteiger partial charge in [0.25, 0.3) is 0 Å². The van der Waals surface area contributed by atoms with Crippen LogP contribution in [0.2, 0.25) is 0 Å². The van der Waals surface area contributed by atoms with E-state index in [-0.39, 0.29) is 17.9 Å². The second kappa shape index (κ2) is 8.23. The Morgan fingerprint density at radius 3 is 2.28 bits per heavy atom. The van der Waals surface area contributed by atoms with E-state index in [9.17, 15) is 9.59 Å². The average Bonchev–Trinajstić information content (AvgIpc) is 2.56. The lowest BCUT2D eigenvalue weighted by molar-refractivity contribution is -0.122. The molecule has 25 heavy (non-hydrogen) atoms. The molecule has 0 bridgehead atoms. The van der Waals surface area contributed by atoms with E-state index in [4.69, 9.17) is 4.74 Å². The van der Waals surface area contributed by atoms with Gasteiger partial charge in [0, 0.05) is 36.4 Å². The van der Waals surface area contributed by atoms with Gasteiger partial charge in [-0.3, -0.25) is 4.79 Å². The fourth-order valence-corrected chi connectivity index (χ4v) is 3.22. The second-order valence-electron chi connectivity index (χ2n) is 6.80. The zero-order chi connectivity index (χ0) is 17.6. The van der Waals surface area contributed by atoms with E-state index in [1.54, 1.807) is 4.90 Å². The van der Waals surface area contributed by atoms with E-state index in [0.717, 1.165) is 43.5 Å². The molecule has 6 nitrogen and oxygen atoms in total. The first-order valence-electron chi connectivity index (χ1n) is 9.25. The number of likely N-dealkylation sites (tertiary alicyclic amines) is 1. The number of benzene rings is 1. The van der Waals surface area contributed by atoms with Gasteiger partial charge in [0.05, 0.1) is 6.61 Å². The lowest BCUT2D eigenvalue weighted by atomic mass is 9.85. The van der Waals surface area contributed by atoms with Crippen LogP contribution in [0.4, 0.5) is 16.2 Å². The van der Waals surface area contributed by atoms with Crippen LogP contribution in [-0.4, -0.2) is 42.6 Å². The molecule has 2 N–H and O–H groups in total. The highest BCUT2D eigenvalue weighted by molar-refractivity contribution is 5.93. The topological polar surface area (TPSA) is 70.7 Å². The molecule has 1 aliphatic heterocycles. The molecule has 136 valence electrons. The number of hydrogen-bond acceptors (Lipinski definition) is 4. The molecule has 1 aromatic rings. The number of piperidine rings is 1. The van der Waals surface area contributed by atoms with Gasteiger partial charge < -0.3 is 20.3 Å². The Morgan fingerprint density at radius 2 is 1.72 bits per heavy atom. The van der Waals surface area contributed by atoms with E-state index in [1.165, 1.54) is 0 Å². The first-order valence-corrected chi connectivity index (χ1v) is 9.25. The van der Waals surface area contributed by atoms with E-state index >= 15 is 0 Å². The summed E-state index contributed by atoms with van der Waals surface area (Å²) in [6.45, 7) is 3.67. The number of anilines is 2. The number of rotatable bonds is 5. The van der Waals surface area contributed by atoms with Crippen molar-refractivity contribution < 1.29 is 14.3 Å². The maximum Gasteiger partial charge on any atom is 0.409 e. The van der Waals surface area contributed by atoms with Gasteiger partial charge in [0.15, 0.2) is 0 Å². The van der Waals surface area contributed by atoms with Crippen molar-refractivity contribution in [3.05, 3.63) is 24.3 Å². The van der Waals surface area contributed by atoms with Crippen LogP contribution in [0.3, 0.4) is 0 Å². The van der Waals surface area contributed by atoms with Crippen molar-refractivity contribution in [2.45, 2.75) is 45.1 Å². The molecule has 2 aliphatic rings. The van der Waals surface area contributed by atoms with Crippen LogP contribution in [0.15, 0.2) is 24.3 Å². The van der Waals surface area contributed by atoms with E-state index in [0.29, 0.717) is 25.7 Å². The van der Waals surface area contributed by atoms with Gasteiger partial charge in [-0.15, -0.1) is 0 Å². The van der Waals surface area contributed by atoms with Gasteiger partial charge in [-0.25, -0.2) is 4.79 Å². The van der Waals surface area contributed by atoms with Gasteiger partial charge in [-0.1, -0.05) is 6.42 Å². The largest absolute Gasteiger partial charge is 0.450 e. The van der Waals surface area contributed by atoms with Crippen LogP contribution in [0.1, 0.15) is 39.0 Å². The van der Waals surface area contributed by atoms with Crippen molar-refractivity contribution in [1.29, 1.82) is 0 Å². The Kier molecular flexibility index (Phi) is 5.79. The summed E-state index contributed by atoms with van der Waals surface area (Å²) >= 11 is 0. The highest BCUT2D eigenvalue weighted by atomic mass is 16.6. The second-order valence-corrected chi connectivity index (χ2v) is 6.80. The molecule has 0 radical (unpaired) electrons. The molecule has 2 amide bonds. The third kappa shape index (κ3) is 4.65. The minimum Gasteiger partial charge on any atom is -0.450 e. The zero-order valence-corrected chi connectivity index (χ0v) is 14.8. The summed E-state index contributed by atoms with van der Waals surface area (Å²) in [5, 5.41) is 6.49. The molecule has 1 saturated heterocycles. The number of nitrogens with zero attached hydrogens (tertiary/aromatic N) is 1. The Bertz CT molecular complexity index is 590. The number of carbonyl (C=O) groups is 2. The number of nitrogens with one attached hydrogen (secondary N) is 2. The summed E-state index contributed by atoms with van der Waals surface area (Å²) in [7, 11) is 0. The Labute approximate surface area is 148 Å². The lowest BCUT2D eigenvalue weighted by Crippen LogP contribution is -2.42. The van der Waals surface area contributed by atoms with E-state index in [2.05, 4.69) is 10.6 Å². The third-order valence-electron chi connectivity index (χ3n) is 5.02. The lowest BCUT2D eigenvalue weighted by Gasteiger charge is -2.32. The predicted octanol–water partition coefficient (Wildman–Crippen LogP) is 3.46. The molecule has 3 rings (SSSR count). The molecule has 0 aromatic heterocycles. The first-order chi connectivity index (χ1) is 12.2. The van der Waals surface area contributed by atoms with Crippen LogP contribution in [0.25, 0.3) is 0 Å². The maximum absolute atomic E-state index is 12.0. The van der Waals surface area contributed by atoms with E-state index < -0.39 is 0 Å². The summed E-state index contributed by atoms with van der Waals surface area (Å²) in [6, 6.07) is 8.21. The number of hydrogen-bond donors (Lipinski definition) is 2. The third-order valence-corrected chi connectivity index (χ3v) is 5.02. The van der Waals surface area contributed by atoms with Gasteiger partial charge in [0.1, 0.15) is 0 Å². The average molecular weight is 345 g/mol. The van der Waals surface area contributed by atoms with Crippen LogP contribution in [0.5, 0.6) is 0 Å². The van der Waals surface area contributed by atoms with Crippen molar-refractivity contribution in [2.75, 3.05) is 30.3 Å². The fourth-order valence-electron chi connectivity index (χ4n) is 3.22. The summed E-state index contributed by atoms with van der Waals surface area (Å²) < 4.78 is 5.04. The molecule has 0 unspecified atom stereocenters. The van der Waals surface area contributed by atoms with Crippen molar-refractivity contribution in [3.63, 3.8) is 0 Å². The maximum atomic E-state index is 12.0. The minimum atomic E-state index is -0.215. The molecule has 1 saturated carbocycles. The minimum absolute atomic E-state index is 0.137. The molecule has 2 fully saturated rings. The van der Waals surface area contributed by atoms with Gasteiger partial charge in [-0.05, 0) is 56.9 Å². The monoisotopic (exact) mass is 345 g/mol. The Hall–Kier alpha value is -2.24. The summed E-state index contributed by atoms with van der Waals surface area (Å²) in [6.07, 6.45) is 4.77. The fraction of sp³-hybridized carbons (Fsp3) is 0.579. The molecule has 1 aliphatic carbocycles. The molecule has 6 heteroatoms. The Morgan fingerprint density at radius 1 is 1.08 bits per heavy atom. The standard InChI is InChI=1S/C19H27N3O3/c1-2-25-19(24)22-12-10-17(11-13-22)20-15-6-8-16(9-7-15)21-18(23)14-4-3-5-14/h6-9,14,17,20H,2-5,10-13H2,1H3,(H,21,23). The predicted molar refractivity (Wildman–Crippen MR) is 97.7 cm³/mol.